The number of ether oxygens (including phenoxy) is 1. The second kappa shape index (κ2) is 7.37. The summed E-state index contributed by atoms with van der Waals surface area (Å²) in [6, 6.07) is 20.0. The number of hydrogen-bond acceptors (Lipinski definition) is 3. The molecule has 3 nitrogen and oxygen atoms in total. The van der Waals surface area contributed by atoms with Gasteiger partial charge in [0.1, 0.15) is 17.3 Å². The standard InChI is InChI=1S/C19H14F2N2O/c20-15-8-11-19(18(21)12-15)23-22-13-14-6-9-17(10-7-14)24-16-4-2-1-3-5-16/h1-13,23H/b22-13+. The van der Waals surface area contributed by atoms with Gasteiger partial charge in [-0.3, -0.25) is 5.43 Å². The fourth-order valence-corrected chi connectivity index (χ4v) is 2.00. The Morgan fingerprint density at radius 2 is 1.54 bits per heavy atom. The fourth-order valence-electron chi connectivity index (χ4n) is 2.00. The molecule has 0 radical (unpaired) electrons. The first-order valence-electron chi connectivity index (χ1n) is 7.28. The Labute approximate surface area is 138 Å². The molecule has 3 rings (SSSR count). The number of anilines is 1. The highest BCUT2D eigenvalue weighted by Gasteiger charge is 2.01. The van der Waals surface area contributed by atoms with E-state index >= 15 is 0 Å². The molecule has 0 heterocycles. The van der Waals surface area contributed by atoms with E-state index in [2.05, 4.69) is 10.5 Å². The normalized spacial score (nSPS) is 10.8. The minimum atomic E-state index is -0.696. The van der Waals surface area contributed by atoms with Crippen LogP contribution in [0.3, 0.4) is 0 Å². The third-order valence-electron chi connectivity index (χ3n) is 3.19. The summed E-state index contributed by atoms with van der Waals surface area (Å²) >= 11 is 0. The van der Waals surface area contributed by atoms with Gasteiger partial charge in [0.15, 0.2) is 5.82 Å². The van der Waals surface area contributed by atoms with Crippen LogP contribution in [0.4, 0.5) is 14.5 Å². The van der Waals surface area contributed by atoms with E-state index in [0.717, 1.165) is 23.4 Å². The van der Waals surface area contributed by atoms with E-state index in [1.165, 1.54) is 12.3 Å². The average Bonchev–Trinajstić information content (AvgIpc) is 2.59. The van der Waals surface area contributed by atoms with Crippen LogP contribution in [-0.2, 0) is 0 Å². The third kappa shape index (κ3) is 4.16. The van der Waals surface area contributed by atoms with Crippen LogP contribution in [0.2, 0.25) is 0 Å². The van der Waals surface area contributed by atoms with Gasteiger partial charge in [0, 0.05) is 6.07 Å². The van der Waals surface area contributed by atoms with Crippen molar-refractivity contribution in [2.24, 2.45) is 5.10 Å². The monoisotopic (exact) mass is 324 g/mol. The molecule has 0 spiro atoms. The van der Waals surface area contributed by atoms with E-state index in [-0.39, 0.29) is 5.69 Å². The van der Waals surface area contributed by atoms with Crippen molar-refractivity contribution >= 4 is 11.9 Å². The van der Waals surface area contributed by atoms with Crippen molar-refractivity contribution in [3.63, 3.8) is 0 Å². The molecule has 5 heteroatoms. The summed E-state index contributed by atoms with van der Waals surface area (Å²) in [6.45, 7) is 0. The van der Waals surface area contributed by atoms with Crippen molar-refractivity contribution in [1.29, 1.82) is 0 Å². The van der Waals surface area contributed by atoms with E-state index in [1.54, 1.807) is 0 Å². The first-order chi connectivity index (χ1) is 11.7. The van der Waals surface area contributed by atoms with Crippen LogP contribution in [-0.4, -0.2) is 6.21 Å². The minimum absolute atomic E-state index is 0.108. The van der Waals surface area contributed by atoms with Crippen molar-refractivity contribution in [2.75, 3.05) is 5.43 Å². The van der Waals surface area contributed by atoms with Gasteiger partial charge in [0.2, 0.25) is 0 Å². The molecular weight excluding hydrogens is 310 g/mol. The van der Waals surface area contributed by atoms with Gasteiger partial charge in [-0.1, -0.05) is 18.2 Å². The van der Waals surface area contributed by atoms with Crippen LogP contribution < -0.4 is 10.2 Å². The van der Waals surface area contributed by atoms with Gasteiger partial charge in [0.05, 0.1) is 11.9 Å². The van der Waals surface area contributed by atoms with Crippen LogP contribution >= 0.6 is 0 Å². The van der Waals surface area contributed by atoms with Gasteiger partial charge >= 0.3 is 0 Å². The van der Waals surface area contributed by atoms with Crippen LogP contribution in [0.25, 0.3) is 0 Å². The van der Waals surface area contributed by atoms with E-state index in [9.17, 15) is 8.78 Å². The average molecular weight is 324 g/mol. The molecule has 0 atom stereocenters. The molecule has 0 saturated heterocycles. The molecule has 0 saturated carbocycles. The molecule has 3 aromatic carbocycles. The molecule has 0 aliphatic heterocycles. The smallest absolute Gasteiger partial charge is 0.151 e. The summed E-state index contributed by atoms with van der Waals surface area (Å²) in [5.41, 5.74) is 3.46. The van der Waals surface area contributed by atoms with Crippen LogP contribution in [0.15, 0.2) is 77.9 Å². The lowest BCUT2D eigenvalue weighted by atomic mass is 10.2. The number of hydrogen-bond donors (Lipinski definition) is 1. The molecule has 120 valence electrons. The zero-order valence-corrected chi connectivity index (χ0v) is 12.6. The van der Waals surface area contributed by atoms with E-state index < -0.39 is 11.6 Å². The molecule has 0 amide bonds. The third-order valence-corrected chi connectivity index (χ3v) is 3.19. The van der Waals surface area contributed by atoms with Crippen molar-refractivity contribution in [2.45, 2.75) is 0 Å². The molecule has 0 bridgehead atoms. The highest BCUT2D eigenvalue weighted by atomic mass is 19.1. The van der Waals surface area contributed by atoms with Gasteiger partial charge in [-0.05, 0) is 54.1 Å². The zero-order valence-electron chi connectivity index (χ0n) is 12.6. The van der Waals surface area contributed by atoms with Gasteiger partial charge in [-0.2, -0.15) is 5.10 Å². The Kier molecular flexibility index (Phi) is 4.81. The predicted molar refractivity (Wildman–Crippen MR) is 90.5 cm³/mol. The van der Waals surface area contributed by atoms with Crippen LogP contribution in [0, 0.1) is 11.6 Å². The summed E-state index contributed by atoms with van der Waals surface area (Å²) in [4.78, 5) is 0. The van der Waals surface area contributed by atoms with Crippen molar-refractivity contribution in [3.05, 3.63) is 90.0 Å². The molecule has 0 aromatic heterocycles. The van der Waals surface area contributed by atoms with Crippen molar-refractivity contribution < 1.29 is 13.5 Å². The van der Waals surface area contributed by atoms with Crippen molar-refractivity contribution in [1.82, 2.24) is 0 Å². The molecule has 0 aliphatic carbocycles. The summed E-state index contributed by atoms with van der Waals surface area (Å²) < 4.78 is 31.9. The minimum Gasteiger partial charge on any atom is -0.457 e. The van der Waals surface area contributed by atoms with Crippen LogP contribution in [0.5, 0.6) is 11.5 Å². The Morgan fingerprint density at radius 1 is 0.833 bits per heavy atom. The number of rotatable bonds is 5. The Morgan fingerprint density at radius 3 is 2.25 bits per heavy atom. The summed E-state index contributed by atoms with van der Waals surface area (Å²) in [5.74, 6) is 0.137. The van der Waals surface area contributed by atoms with E-state index in [1.807, 2.05) is 54.6 Å². The van der Waals surface area contributed by atoms with E-state index in [0.29, 0.717) is 5.75 Å². The lowest BCUT2D eigenvalue weighted by Crippen LogP contribution is -1.94. The first kappa shape index (κ1) is 15.7. The maximum atomic E-state index is 13.4. The topological polar surface area (TPSA) is 33.6 Å². The number of hydrazone groups is 1. The number of nitrogens with one attached hydrogen (secondary N) is 1. The highest BCUT2D eigenvalue weighted by Crippen LogP contribution is 2.20. The van der Waals surface area contributed by atoms with Gasteiger partial charge in [0.25, 0.3) is 0 Å². The largest absolute Gasteiger partial charge is 0.457 e. The Balaban J connectivity index is 1.61. The number of para-hydroxylation sites is 1. The molecule has 0 aliphatic rings. The quantitative estimate of drug-likeness (QED) is 0.517. The molecule has 3 aromatic rings. The fraction of sp³-hybridized carbons (Fsp3) is 0. The number of benzene rings is 3. The Hall–Kier alpha value is -3.21. The molecule has 0 fully saturated rings. The van der Waals surface area contributed by atoms with Crippen molar-refractivity contribution in [3.8, 4) is 11.5 Å². The predicted octanol–water partition coefficient (Wildman–Crippen LogP) is 5.20. The second-order valence-corrected chi connectivity index (χ2v) is 4.98. The molecule has 24 heavy (non-hydrogen) atoms. The first-order valence-corrected chi connectivity index (χ1v) is 7.28. The number of nitrogens with zero attached hydrogens (tertiary/aromatic N) is 1. The lowest BCUT2D eigenvalue weighted by molar-refractivity contribution is 0.482. The van der Waals surface area contributed by atoms with Crippen LogP contribution in [0.1, 0.15) is 5.56 Å². The summed E-state index contributed by atoms with van der Waals surface area (Å²) in [5, 5.41) is 3.94. The van der Waals surface area contributed by atoms with Gasteiger partial charge in [-0.25, -0.2) is 8.78 Å². The molecular formula is C19H14F2N2O. The second-order valence-electron chi connectivity index (χ2n) is 4.98. The van der Waals surface area contributed by atoms with Gasteiger partial charge in [-0.15, -0.1) is 0 Å². The molecule has 1 N–H and O–H groups in total. The number of halogens is 2. The highest BCUT2D eigenvalue weighted by molar-refractivity contribution is 5.80. The SMILES string of the molecule is Fc1ccc(N/N=C/c2ccc(Oc3ccccc3)cc2)c(F)c1. The maximum Gasteiger partial charge on any atom is 0.151 e. The van der Waals surface area contributed by atoms with Gasteiger partial charge < -0.3 is 4.74 Å². The summed E-state index contributed by atoms with van der Waals surface area (Å²) in [6.07, 6.45) is 1.54. The van der Waals surface area contributed by atoms with E-state index in [4.69, 9.17) is 4.74 Å². The zero-order chi connectivity index (χ0) is 16.8. The summed E-state index contributed by atoms with van der Waals surface area (Å²) in [7, 11) is 0. The Bertz CT molecular complexity index is 834. The lowest BCUT2D eigenvalue weighted by Gasteiger charge is -2.05. The maximum absolute atomic E-state index is 13.4. The molecule has 0 unspecified atom stereocenters.